The molecule has 2 N–H and O–H groups in total. The quantitative estimate of drug-likeness (QED) is 0.600. The van der Waals surface area contributed by atoms with Crippen LogP contribution in [0, 0.1) is 28.6 Å². The van der Waals surface area contributed by atoms with Gasteiger partial charge in [0, 0.05) is 19.1 Å². The maximum absolute atomic E-state index is 9.59. The molecule has 10 heteroatoms. The van der Waals surface area contributed by atoms with Crippen LogP contribution in [0.4, 0.5) is 23.1 Å². The van der Waals surface area contributed by atoms with E-state index in [-0.39, 0.29) is 5.95 Å². The summed E-state index contributed by atoms with van der Waals surface area (Å²) in [6.45, 7) is 4.05. The number of rotatable bonds is 5. The van der Waals surface area contributed by atoms with Crippen LogP contribution in [0.2, 0.25) is 5.02 Å². The van der Waals surface area contributed by atoms with Gasteiger partial charge in [-0.25, -0.2) is 4.98 Å². The molecule has 1 aromatic carbocycles. The van der Waals surface area contributed by atoms with Gasteiger partial charge in [0.1, 0.15) is 6.07 Å². The topological polar surface area (TPSA) is 118 Å². The first-order chi connectivity index (χ1) is 15.6. The molecule has 32 heavy (non-hydrogen) atoms. The third kappa shape index (κ3) is 3.88. The van der Waals surface area contributed by atoms with Gasteiger partial charge in [-0.05, 0) is 43.7 Å². The highest BCUT2D eigenvalue weighted by atomic mass is 35.5. The summed E-state index contributed by atoms with van der Waals surface area (Å²) in [5.41, 5.74) is 2.69. The zero-order chi connectivity index (χ0) is 22.2. The first-order valence-corrected chi connectivity index (χ1v) is 11.1. The van der Waals surface area contributed by atoms with Crippen LogP contribution in [0.25, 0.3) is 5.65 Å². The predicted octanol–water partition coefficient (Wildman–Crippen LogP) is 4.08. The van der Waals surface area contributed by atoms with Gasteiger partial charge in [-0.2, -0.15) is 20.0 Å². The van der Waals surface area contributed by atoms with E-state index in [0.29, 0.717) is 45.4 Å². The molecule has 1 aliphatic carbocycles. The monoisotopic (exact) mass is 447 g/mol. The predicted molar refractivity (Wildman–Crippen MR) is 122 cm³/mol. The van der Waals surface area contributed by atoms with Gasteiger partial charge < -0.3 is 15.5 Å². The highest BCUT2D eigenvalue weighted by Gasteiger charge is 2.25. The van der Waals surface area contributed by atoms with Crippen LogP contribution >= 0.6 is 11.6 Å². The lowest BCUT2D eigenvalue weighted by Gasteiger charge is -2.33. The SMILES string of the molecule is CC1CCN(c2cc(C#N)cc(Nc3nc(NC4CC4)c4ncc(C#N)n4n3)c2Cl)CC1. The average molecular weight is 448 g/mol. The number of nitrogens with zero attached hydrogens (tertiary/aromatic N) is 7. The maximum atomic E-state index is 9.59. The molecule has 9 nitrogen and oxygen atoms in total. The Hall–Kier alpha value is -3.56. The smallest absolute Gasteiger partial charge is 0.247 e. The van der Waals surface area contributed by atoms with Gasteiger partial charge in [-0.1, -0.05) is 18.5 Å². The summed E-state index contributed by atoms with van der Waals surface area (Å²) in [5, 5.41) is 30.5. The number of nitrogens with one attached hydrogen (secondary N) is 2. The number of aromatic nitrogens is 4. The van der Waals surface area contributed by atoms with Crippen molar-refractivity contribution < 1.29 is 0 Å². The van der Waals surface area contributed by atoms with Crippen molar-refractivity contribution in [3.8, 4) is 12.1 Å². The lowest BCUT2D eigenvalue weighted by Crippen LogP contribution is -2.33. The molecule has 1 saturated carbocycles. The Morgan fingerprint density at radius 2 is 1.91 bits per heavy atom. The summed E-state index contributed by atoms with van der Waals surface area (Å²) in [4.78, 5) is 11.1. The number of hydrogen-bond acceptors (Lipinski definition) is 8. The summed E-state index contributed by atoms with van der Waals surface area (Å²) in [5.74, 6) is 1.51. The van der Waals surface area contributed by atoms with E-state index in [1.807, 2.05) is 6.07 Å². The van der Waals surface area contributed by atoms with Crippen molar-refractivity contribution in [1.82, 2.24) is 19.6 Å². The van der Waals surface area contributed by atoms with Crippen LogP contribution in [0.5, 0.6) is 0 Å². The van der Waals surface area contributed by atoms with Crippen LogP contribution in [0.3, 0.4) is 0 Å². The van der Waals surface area contributed by atoms with Crippen LogP contribution < -0.4 is 15.5 Å². The van der Waals surface area contributed by atoms with Crippen molar-refractivity contribution in [2.75, 3.05) is 28.6 Å². The first kappa shape index (κ1) is 20.3. The molecule has 3 heterocycles. The molecule has 1 saturated heterocycles. The fourth-order valence-electron chi connectivity index (χ4n) is 3.89. The molecule has 2 fully saturated rings. The number of nitriles is 2. The summed E-state index contributed by atoms with van der Waals surface area (Å²) in [6, 6.07) is 8.20. The standard InChI is InChI=1S/C22H22ClN9/c1-13-4-6-31(7-5-13)18-9-14(10-24)8-17(19(18)23)28-22-29-20(27-15-2-3-15)21-26-12-16(11-25)32(21)30-22/h8-9,12-13,15H,2-7H2,1H3,(H2,27,28,29,30). The summed E-state index contributed by atoms with van der Waals surface area (Å²) in [7, 11) is 0. The highest BCUT2D eigenvalue weighted by molar-refractivity contribution is 6.36. The molecule has 0 amide bonds. The second kappa shape index (κ2) is 8.18. The molecule has 0 spiro atoms. The second-order valence-electron chi connectivity index (χ2n) is 8.46. The molecule has 162 valence electrons. The number of halogens is 1. The van der Waals surface area contributed by atoms with Crippen LogP contribution in [0.15, 0.2) is 18.3 Å². The first-order valence-electron chi connectivity index (χ1n) is 10.7. The summed E-state index contributed by atoms with van der Waals surface area (Å²) in [6.07, 6.45) is 5.79. The summed E-state index contributed by atoms with van der Waals surface area (Å²) < 4.78 is 1.47. The fourth-order valence-corrected chi connectivity index (χ4v) is 4.17. The lowest BCUT2D eigenvalue weighted by atomic mass is 9.98. The Labute approximate surface area is 190 Å². The highest BCUT2D eigenvalue weighted by Crippen LogP contribution is 2.37. The largest absolute Gasteiger partial charge is 0.370 e. The zero-order valence-electron chi connectivity index (χ0n) is 17.6. The third-order valence-electron chi connectivity index (χ3n) is 5.95. The van der Waals surface area contributed by atoms with Gasteiger partial charge >= 0.3 is 0 Å². The number of imidazole rings is 1. The molecular formula is C22H22ClN9. The second-order valence-corrected chi connectivity index (χ2v) is 8.83. The van der Waals surface area contributed by atoms with Crippen molar-refractivity contribution >= 4 is 40.4 Å². The van der Waals surface area contributed by atoms with E-state index in [0.717, 1.165) is 44.5 Å². The number of fused-ring (bicyclic) bond motifs is 1. The minimum absolute atomic E-state index is 0.269. The Kier molecular flexibility index (Phi) is 5.20. The number of hydrogen-bond donors (Lipinski definition) is 2. The van der Waals surface area contributed by atoms with Crippen molar-refractivity contribution in [3.05, 3.63) is 34.6 Å². The van der Waals surface area contributed by atoms with Gasteiger partial charge in [0.05, 0.1) is 34.2 Å². The molecule has 0 radical (unpaired) electrons. The van der Waals surface area contributed by atoms with Crippen molar-refractivity contribution in [2.45, 2.75) is 38.6 Å². The van der Waals surface area contributed by atoms with E-state index < -0.39 is 0 Å². The maximum Gasteiger partial charge on any atom is 0.247 e. The minimum atomic E-state index is 0.269. The van der Waals surface area contributed by atoms with E-state index in [2.05, 4.69) is 49.7 Å². The van der Waals surface area contributed by atoms with Gasteiger partial charge in [-0.15, -0.1) is 5.10 Å². The molecule has 0 atom stereocenters. The van der Waals surface area contributed by atoms with E-state index in [4.69, 9.17) is 11.6 Å². The number of piperidine rings is 1. The molecule has 0 unspecified atom stereocenters. The van der Waals surface area contributed by atoms with Gasteiger partial charge in [0.25, 0.3) is 0 Å². The molecule has 5 rings (SSSR count). The van der Waals surface area contributed by atoms with Crippen LogP contribution in [-0.2, 0) is 0 Å². The normalized spacial score (nSPS) is 16.6. The van der Waals surface area contributed by atoms with Crippen molar-refractivity contribution in [2.24, 2.45) is 5.92 Å². The lowest BCUT2D eigenvalue weighted by molar-refractivity contribution is 0.438. The van der Waals surface area contributed by atoms with E-state index in [1.54, 1.807) is 6.07 Å². The molecule has 1 aliphatic heterocycles. The van der Waals surface area contributed by atoms with Gasteiger partial charge in [-0.3, -0.25) is 0 Å². The van der Waals surface area contributed by atoms with Crippen molar-refractivity contribution in [1.29, 1.82) is 10.5 Å². The van der Waals surface area contributed by atoms with Crippen molar-refractivity contribution in [3.63, 3.8) is 0 Å². The van der Waals surface area contributed by atoms with Gasteiger partial charge in [0.15, 0.2) is 17.2 Å². The fraction of sp³-hybridized carbons (Fsp3) is 0.409. The summed E-state index contributed by atoms with van der Waals surface area (Å²) >= 11 is 6.79. The van der Waals surface area contributed by atoms with Crippen LogP contribution in [-0.4, -0.2) is 38.7 Å². The molecule has 2 aromatic heterocycles. The Bertz CT molecular complexity index is 1260. The third-order valence-corrected chi connectivity index (χ3v) is 6.35. The molecular weight excluding hydrogens is 426 g/mol. The average Bonchev–Trinajstić information content (AvgIpc) is 3.52. The Morgan fingerprint density at radius 1 is 1.12 bits per heavy atom. The molecule has 0 bridgehead atoms. The van der Waals surface area contributed by atoms with E-state index in [1.165, 1.54) is 10.7 Å². The zero-order valence-corrected chi connectivity index (χ0v) is 18.4. The number of benzene rings is 1. The Balaban J connectivity index is 1.54. The van der Waals surface area contributed by atoms with Gasteiger partial charge in [0.2, 0.25) is 5.95 Å². The molecule has 2 aliphatic rings. The Morgan fingerprint density at radius 3 is 2.59 bits per heavy atom. The molecule has 3 aromatic rings. The van der Waals surface area contributed by atoms with E-state index in [9.17, 15) is 10.5 Å². The van der Waals surface area contributed by atoms with Crippen LogP contribution in [0.1, 0.15) is 43.9 Å². The minimum Gasteiger partial charge on any atom is -0.370 e. The number of anilines is 4. The van der Waals surface area contributed by atoms with E-state index >= 15 is 0 Å².